The number of carbonyl (C=O) groups excluding carboxylic acids is 1. The number of hydrogen-bond acceptors (Lipinski definition) is 3. The van der Waals surface area contributed by atoms with E-state index < -0.39 is 0 Å². The minimum Gasteiger partial charge on any atom is -0.453 e. The van der Waals surface area contributed by atoms with Crippen LogP contribution in [0.15, 0.2) is 57.8 Å². The number of fused-ring (bicyclic) bond motifs is 1. The lowest BCUT2D eigenvalue weighted by Crippen LogP contribution is -1.98. The number of aryl methyl sites for hydroxylation is 1. The Kier molecular flexibility index (Phi) is 3.84. The zero-order chi connectivity index (χ0) is 14.8. The largest absolute Gasteiger partial charge is 0.453 e. The van der Waals surface area contributed by atoms with Crippen LogP contribution < -0.4 is 0 Å². The minimum absolute atomic E-state index is 0.0723. The first-order valence-corrected chi connectivity index (χ1v) is 7.93. The number of hydrogen-bond donors (Lipinski definition) is 0. The van der Waals surface area contributed by atoms with Gasteiger partial charge in [-0.15, -0.1) is 11.8 Å². The van der Waals surface area contributed by atoms with Crippen LogP contribution >= 0.6 is 11.8 Å². The van der Waals surface area contributed by atoms with Crippen molar-refractivity contribution in [3.63, 3.8) is 0 Å². The van der Waals surface area contributed by atoms with Crippen molar-refractivity contribution in [1.29, 1.82) is 0 Å². The average Bonchev–Trinajstić information content (AvgIpc) is 2.90. The first-order valence-electron chi connectivity index (χ1n) is 6.95. The van der Waals surface area contributed by atoms with E-state index in [1.165, 1.54) is 4.90 Å². The number of ketones is 1. The van der Waals surface area contributed by atoms with Crippen LogP contribution in [0.2, 0.25) is 0 Å². The van der Waals surface area contributed by atoms with Gasteiger partial charge in [-0.3, -0.25) is 4.79 Å². The molecule has 106 valence electrons. The molecular weight excluding hydrogens is 280 g/mol. The maximum Gasteiger partial charge on any atom is 0.228 e. The molecule has 0 aliphatic carbocycles. The average molecular weight is 296 g/mol. The van der Waals surface area contributed by atoms with E-state index in [2.05, 4.69) is 6.92 Å². The van der Waals surface area contributed by atoms with Gasteiger partial charge in [0, 0.05) is 15.8 Å². The number of rotatable bonds is 4. The van der Waals surface area contributed by atoms with E-state index in [1.807, 2.05) is 55.5 Å². The van der Waals surface area contributed by atoms with Crippen molar-refractivity contribution >= 4 is 28.5 Å². The van der Waals surface area contributed by atoms with Gasteiger partial charge in [-0.2, -0.15) is 0 Å². The van der Waals surface area contributed by atoms with E-state index in [0.29, 0.717) is 11.3 Å². The Labute approximate surface area is 128 Å². The summed E-state index contributed by atoms with van der Waals surface area (Å²) in [6.07, 6.45) is 0. The van der Waals surface area contributed by atoms with Crippen molar-refractivity contribution in [2.45, 2.75) is 18.7 Å². The highest BCUT2D eigenvalue weighted by molar-refractivity contribution is 7.99. The van der Waals surface area contributed by atoms with Crippen molar-refractivity contribution in [1.82, 2.24) is 0 Å². The van der Waals surface area contributed by atoms with E-state index >= 15 is 0 Å². The molecule has 0 radical (unpaired) electrons. The molecule has 2 nitrogen and oxygen atoms in total. The van der Waals surface area contributed by atoms with Crippen molar-refractivity contribution in [2.75, 3.05) is 5.75 Å². The number of carbonyl (C=O) groups is 1. The first-order chi connectivity index (χ1) is 10.2. The van der Waals surface area contributed by atoms with Crippen LogP contribution in [0.3, 0.4) is 0 Å². The smallest absolute Gasteiger partial charge is 0.228 e. The summed E-state index contributed by atoms with van der Waals surface area (Å²) in [5.41, 5.74) is 2.57. The zero-order valence-electron chi connectivity index (χ0n) is 12.1. The van der Waals surface area contributed by atoms with Gasteiger partial charge in [0.25, 0.3) is 0 Å². The third kappa shape index (κ3) is 2.88. The minimum atomic E-state index is -0.0723. The second-order valence-electron chi connectivity index (χ2n) is 4.94. The number of thioether (sulfide) groups is 1. The van der Waals surface area contributed by atoms with Crippen LogP contribution in [0.25, 0.3) is 11.0 Å². The van der Waals surface area contributed by atoms with Crippen LogP contribution in [-0.2, 0) is 0 Å². The van der Waals surface area contributed by atoms with Crippen molar-refractivity contribution in [3.05, 3.63) is 65.4 Å². The predicted octanol–water partition coefficient (Wildman–Crippen LogP) is 5.08. The maximum absolute atomic E-state index is 12.5. The molecule has 3 heteroatoms. The van der Waals surface area contributed by atoms with Crippen LogP contribution in [0.4, 0.5) is 0 Å². The molecule has 1 heterocycles. The lowest BCUT2D eigenvalue weighted by molar-refractivity contribution is 0.101. The van der Waals surface area contributed by atoms with Gasteiger partial charge in [0.05, 0.1) is 0 Å². The Balaban J connectivity index is 1.92. The zero-order valence-corrected chi connectivity index (χ0v) is 12.9. The summed E-state index contributed by atoms with van der Waals surface area (Å²) in [6, 6.07) is 15.4. The fraction of sp³-hybridized carbons (Fsp3) is 0.167. The highest BCUT2D eigenvalue weighted by atomic mass is 32.2. The first kappa shape index (κ1) is 14.0. The van der Waals surface area contributed by atoms with Gasteiger partial charge < -0.3 is 4.42 Å². The molecule has 1 aromatic heterocycles. The third-order valence-electron chi connectivity index (χ3n) is 3.32. The van der Waals surface area contributed by atoms with Crippen molar-refractivity contribution in [3.8, 4) is 0 Å². The molecule has 0 atom stereocenters. The molecule has 0 spiro atoms. The molecule has 3 aromatic rings. The second-order valence-corrected chi connectivity index (χ2v) is 6.28. The quantitative estimate of drug-likeness (QED) is 0.496. The molecule has 3 rings (SSSR count). The van der Waals surface area contributed by atoms with Crippen LogP contribution in [0.1, 0.15) is 28.6 Å². The third-order valence-corrected chi connectivity index (χ3v) is 4.22. The van der Waals surface area contributed by atoms with Gasteiger partial charge in [-0.25, -0.2) is 0 Å². The summed E-state index contributed by atoms with van der Waals surface area (Å²) in [6.45, 7) is 4.14. The van der Waals surface area contributed by atoms with Gasteiger partial charge in [0.2, 0.25) is 5.78 Å². The van der Waals surface area contributed by atoms with E-state index in [1.54, 1.807) is 11.8 Å². The van der Waals surface area contributed by atoms with Crippen molar-refractivity contribution < 1.29 is 9.21 Å². The van der Waals surface area contributed by atoms with E-state index in [0.717, 1.165) is 22.3 Å². The molecule has 0 fully saturated rings. The van der Waals surface area contributed by atoms with Gasteiger partial charge in [-0.1, -0.05) is 18.6 Å². The van der Waals surface area contributed by atoms with E-state index in [-0.39, 0.29) is 5.78 Å². The molecule has 21 heavy (non-hydrogen) atoms. The summed E-state index contributed by atoms with van der Waals surface area (Å²) in [5.74, 6) is 1.35. The second kappa shape index (κ2) is 5.78. The van der Waals surface area contributed by atoms with Crippen LogP contribution in [0.5, 0.6) is 0 Å². The molecule has 0 saturated heterocycles. The highest BCUT2D eigenvalue weighted by Gasteiger charge is 2.14. The van der Waals surface area contributed by atoms with E-state index in [9.17, 15) is 4.79 Å². The summed E-state index contributed by atoms with van der Waals surface area (Å²) < 4.78 is 5.66. The molecule has 0 saturated carbocycles. The maximum atomic E-state index is 12.5. The van der Waals surface area contributed by atoms with Gasteiger partial charge in [0.15, 0.2) is 5.76 Å². The molecule has 0 unspecified atom stereocenters. The molecule has 0 aliphatic rings. The van der Waals surface area contributed by atoms with Crippen LogP contribution in [0, 0.1) is 6.92 Å². The van der Waals surface area contributed by atoms with Gasteiger partial charge in [-0.05, 0) is 55.1 Å². The Hall–Kier alpha value is -2.00. The SMILES string of the molecule is CCSc1ccc(C(=O)c2cc3cc(C)ccc3o2)cc1. The van der Waals surface area contributed by atoms with Crippen molar-refractivity contribution in [2.24, 2.45) is 0 Å². The normalized spacial score (nSPS) is 11.0. The predicted molar refractivity (Wildman–Crippen MR) is 87.2 cm³/mol. The molecular formula is C18H16O2S. The Bertz CT molecular complexity index is 785. The Morgan fingerprint density at radius 1 is 1.10 bits per heavy atom. The molecule has 0 bridgehead atoms. The number of furan rings is 1. The molecule has 2 aromatic carbocycles. The Morgan fingerprint density at radius 3 is 2.57 bits per heavy atom. The summed E-state index contributed by atoms with van der Waals surface area (Å²) in [4.78, 5) is 13.6. The van der Waals surface area contributed by atoms with Gasteiger partial charge >= 0.3 is 0 Å². The molecule has 0 aliphatic heterocycles. The topological polar surface area (TPSA) is 30.2 Å². The molecule has 0 N–H and O–H groups in total. The van der Waals surface area contributed by atoms with E-state index in [4.69, 9.17) is 4.42 Å². The van der Waals surface area contributed by atoms with Crippen LogP contribution in [-0.4, -0.2) is 11.5 Å². The lowest BCUT2D eigenvalue weighted by Gasteiger charge is -2.00. The Morgan fingerprint density at radius 2 is 1.86 bits per heavy atom. The summed E-state index contributed by atoms with van der Waals surface area (Å²) >= 11 is 1.76. The highest BCUT2D eigenvalue weighted by Crippen LogP contribution is 2.24. The van der Waals surface area contributed by atoms with Gasteiger partial charge in [0.1, 0.15) is 5.58 Å². The summed E-state index contributed by atoms with van der Waals surface area (Å²) in [5, 5.41) is 0.969. The monoisotopic (exact) mass is 296 g/mol. The fourth-order valence-electron chi connectivity index (χ4n) is 2.29. The number of benzene rings is 2. The molecule has 0 amide bonds. The fourth-order valence-corrected chi connectivity index (χ4v) is 2.95. The standard InChI is InChI=1S/C18H16O2S/c1-3-21-15-7-5-13(6-8-15)18(19)17-11-14-10-12(2)4-9-16(14)20-17/h4-11H,3H2,1-2H3. The summed E-state index contributed by atoms with van der Waals surface area (Å²) in [7, 11) is 0. The lowest BCUT2D eigenvalue weighted by atomic mass is 10.1.